The average Bonchev–Trinajstić information content (AvgIpc) is 3.11. The zero-order valence-corrected chi connectivity index (χ0v) is 18.7. The minimum atomic E-state index is -1.01. The third-order valence-electron chi connectivity index (χ3n) is 5.03. The summed E-state index contributed by atoms with van der Waals surface area (Å²) in [5.74, 6) is -1.36. The van der Waals surface area contributed by atoms with Crippen molar-refractivity contribution in [2.75, 3.05) is 6.61 Å². The molecule has 0 spiro atoms. The monoisotopic (exact) mass is 457 g/mol. The molecule has 0 aromatic heterocycles. The smallest absolute Gasteiger partial charge is 0.322 e. The van der Waals surface area contributed by atoms with E-state index in [1.165, 1.54) is 11.8 Å². The first-order chi connectivity index (χ1) is 15.3. The Bertz CT molecular complexity index is 939. The van der Waals surface area contributed by atoms with Crippen LogP contribution in [0.2, 0.25) is 0 Å². The molecule has 2 aromatic carbocycles. The number of aliphatic carboxylic acids is 1. The molecule has 9 heteroatoms. The summed E-state index contributed by atoms with van der Waals surface area (Å²) in [5.41, 5.74) is 0.911. The van der Waals surface area contributed by atoms with Gasteiger partial charge in [-0.2, -0.15) is 0 Å². The Morgan fingerprint density at radius 2 is 1.72 bits per heavy atom. The van der Waals surface area contributed by atoms with Gasteiger partial charge in [0.1, 0.15) is 17.8 Å². The van der Waals surface area contributed by atoms with Crippen molar-refractivity contribution in [2.24, 2.45) is 0 Å². The van der Waals surface area contributed by atoms with Gasteiger partial charge < -0.3 is 20.5 Å². The van der Waals surface area contributed by atoms with E-state index in [1.807, 2.05) is 36.4 Å². The van der Waals surface area contributed by atoms with E-state index in [9.17, 15) is 19.5 Å². The lowest BCUT2D eigenvalue weighted by atomic mass is 10.0. The third kappa shape index (κ3) is 6.24. The standard InChI is InChI=1S/C23H27N3O5S/c1-23(2)19(22(29)30)26-21(32-23)18(20(28)24-13-15-9-5-3-6-10-15)25-17(27)14-31-16-11-7-4-8-12-16/h3-12,18-19,21,26H,13-14H2,1-2H3,(H,24,28)(H,25,27)(H,29,30)/t18-,19-,21+/m0/s1. The Morgan fingerprint density at radius 3 is 2.31 bits per heavy atom. The van der Waals surface area contributed by atoms with Crippen molar-refractivity contribution >= 4 is 29.5 Å². The molecule has 4 N–H and O–H groups in total. The highest BCUT2D eigenvalue weighted by molar-refractivity contribution is 8.01. The fourth-order valence-corrected chi connectivity index (χ4v) is 4.87. The number of rotatable bonds is 9. The molecule has 170 valence electrons. The van der Waals surface area contributed by atoms with Gasteiger partial charge in [-0.3, -0.25) is 19.7 Å². The van der Waals surface area contributed by atoms with E-state index in [0.29, 0.717) is 5.75 Å². The van der Waals surface area contributed by atoms with Gasteiger partial charge in [0.2, 0.25) is 5.91 Å². The van der Waals surface area contributed by atoms with Crippen LogP contribution in [0.4, 0.5) is 0 Å². The summed E-state index contributed by atoms with van der Waals surface area (Å²) in [6.07, 6.45) is 0. The van der Waals surface area contributed by atoms with Gasteiger partial charge in [0.05, 0.1) is 5.37 Å². The molecular formula is C23H27N3O5S. The SMILES string of the molecule is CC1(C)S[C@H]([C@@H](NC(=O)COc2ccccc2)C(=O)NCc2ccccc2)N[C@H]1C(=O)O. The summed E-state index contributed by atoms with van der Waals surface area (Å²) in [6, 6.07) is 16.4. The lowest BCUT2D eigenvalue weighted by Crippen LogP contribution is -2.57. The van der Waals surface area contributed by atoms with Crippen LogP contribution in [0.3, 0.4) is 0 Å². The number of carboxylic acids is 1. The van der Waals surface area contributed by atoms with Crippen molar-refractivity contribution in [3.63, 3.8) is 0 Å². The number of carboxylic acid groups (broad SMARTS) is 1. The number of ether oxygens (including phenoxy) is 1. The summed E-state index contributed by atoms with van der Waals surface area (Å²) in [7, 11) is 0. The molecule has 1 saturated heterocycles. The predicted octanol–water partition coefficient (Wildman–Crippen LogP) is 1.76. The van der Waals surface area contributed by atoms with Crippen LogP contribution in [0.1, 0.15) is 19.4 Å². The molecule has 0 bridgehead atoms. The molecule has 0 unspecified atom stereocenters. The summed E-state index contributed by atoms with van der Waals surface area (Å²) in [6.45, 7) is 3.61. The van der Waals surface area contributed by atoms with Gasteiger partial charge in [-0.05, 0) is 31.5 Å². The molecule has 32 heavy (non-hydrogen) atoms. The quantitative estimate of drug-likeness (QED) is 0.453. The van der Waals surface area contributed by atoms with Crippen molar-refractivity contribution in [1.29, 1.82) is 0 Å². The first-order valence-corrected chi connectivity index (χ1v) is 11.1. The van der Waals surface area contributed by atoms with E-state index in [1.54, 1.807) is 38.1 Å². The average molecular weight is 458 g/mol. The molecule has 3 atom stereocenters. The summed E-state index contributed by atoms with van der Waals surface area (Å²) < 4.78 is 4.81. The van der Waals surface area contributed by atoms with Crippen molar-refractivity contribution in [1.82, 2.24) is 16.0 Å². The first kappa shape index (κ1) is 23.6. The second-order valence-corrected chi connectivity index (χ2v) is 9.73. The summed E-state index contributed by atoms with van der Waals surface area (Å²) >= 11 is 1.31. The number of carbonyl (C=O) groups excluding carboxylic acids is 2. The zero-order chi connectivity index (χ0) is 23.1. The van der Waals surface area contributed by atoms with E-state index in [4.69, 9.17) is 4.74 Å². The molecule has 1 aliphatic rings. The Morgan fingerprint density at radius 1 is 1.09 bits per heavy atom. The molecule has 1 fully saturated rings. The number of hydrogen-bond acceptors (Lipinski definition) is 6. The second kappa shape index (κ2) is 10.5. The number of hydrogen-bond donors (Lipinski definition) is 4. The minimum absolute atomic E-state index is 0.268. The van der Waals surface area contributed by atoms with Gasteiger partial charge in [0, 0.05) is 11.3 Å². The Hall–Kier alpha value is -3.04. The van der Waals surface area contributed by atoms with Gasteiger partial charge in [-0.1, -0.05) is 48.5 Å². The van der Waals surface area contributed by atoms with Gasteiger partial charge in [0.25, 0.3) is 5.91 Å². The lowest BCUT2D eigenvalue weighted by molar-refractivity contribution is -0.140. The summed E-state index contributed by atoms with van der Waals surface area (Å²) in [5, 5.41) is 17.5. The van der Waals surface area contributed by atoms with Gasteiger partial charge in [-0.15, -0.1) is 11.8 Å². The number of thioether (sulfide) groups is 1. The van der Waals surface area contributed by atoms with Crippen LogP contribution >= 0.6 is 11.8 Å². The molecule has 1 heterocycles. The summed E-state index contributed by atoms with van der Waals surface area (Å²) in [4.78, 5) is 37.3. The molecule has 0 saturated carbocycles. The highest BCUT2D eigenvalue weighted by Crippen LogP contribution is 2.39. The minimum Gasteiger partial charge on any atom is -0.484 e. The van der Waals surface area contributed by atoms with Crippen molar-refractivity contribution in [3.8, 4) is 5.75 Å². The van der Waals surface area contributed by atoms with Crippen LogP contribution in [0, 0.1) is 0 Å². The maximum atomic E-state index is 13.0. The van der Waals surface area contributed by atoms with E-state index in [-0.39, 0.29) is 13.2 Å². The maximum Gasteiger partial charge on any atom is 0.322 e. The fourth-order valence-electron chi connectivity index (χ4n) is 3.38. The van der Waals surface area contributed by atoms with Crippen LogP contribution < -0.4 is 20.7 Å². The van der Waals surface area contributed by atoms with Crippen LogP contribution in [0.5, 0.6) is 5.75 Å². The normalized spacial score (nSPS) is 20.2. The van der Waals surface area contributed by atoms with Gasteiger partial charge >= 0.3 is 5.97 Å². The predicted molar refractivity (Wildman–Crippen MR) is 122 cm³/mol. The number of benzene rings is 2. The van der Waals surface area contributed by atoms with Crippen LogP contribution in [-0.2, 0) is 20.9 Å². The molecule has 0 aliphatic carbocycles. The topological polar surface area (TPSA) is 117 Å². The Labute approximate surface area is 191 Å². The largest absolute Gasteiger partial charge is 0.484 e. The Kier molecular flexibility index (Phi) is 7.76. The maximum absolute atomic E-state index is 13.0. The van der Waals surface area contributed by atoms with Crippen molar-refractivity contribution < 1.29 is 24.2 Å². The van der Waals surface area contributed by atoms with Crippen molar-refractivity contribution in [3.05, 3.63) is 66.2 Å². The highest BCUT2D eigenvalue weighted by Gasteiger charge is 2.49. The Balaban J connectivity index is 1.69. The molecule has 8 nitrogen and oxygen atoms in total. The second-order valence-electron chi connectivity index (χ2n) is 7.93. The zero-order valence-electron chi connectivity index (χ0n) is 17.9. The van der Waals surface area contributed by atoms with E-state index < -0.39 is 40.0 Å². The molecule has 0 radical (unpaired) electrons. The lowest BCUT2D eigenvalue weighted by Gasteiger charge is -2.25. The number of nitrogens with one attached hydrogen (secondary N) is 3. The van der Waals surface area contributed by atoms with Gasteiger partial charge in [0.15, 0.2) is 6.61 Å². The van der Waals surface area contributed by atoms with Crippen molar-refractivity contribution in [2.45, 2.75) is 42.6 Å². The molecule has 3 rings (SSSR count). The highest BCUT2D eigenvalue weighted by atomic mass is 32.2. The van der Waals surface area contributed by atoms with Crippen LogP contribution in [-0.4, -0.2) is 51.7 Å². The fraction of sp³-hybridized carbons (Fsp3) is 0.348. The molecule has 1 aliphatic heterocycles. The molecule has 2 aromatic rings. The molecular weight excluding hydrogens is 430 g/mol. The number of amides is 2. The van der Waals surface area contributed by atoms with E-state index in [0.717, 1.165) is 5.56 Å². The molecule has 2 amide bonds. The first-order valence-electron chi connectivity index (χ1n) is 10.2. The van der Waals surface area contributed by atoms with Crippen LogP contribution in [0.25, 0.3) is 0 Å². The van der Waals surface area contributed by atoms with E-state index in [2.05, 4.69) is 16.0 Å². The van der Waals surface area contributed by atoms with Crippen LogP contribution in [0.15, 0.2) is 60.7 Å². The number of carbonyl (C=O) groups is 3. The van der Waals surface area contributed by atoms with E-state index >= 15 is 0 Å². The third-order valence-corrected chi connectivity index (χ3v) is 6.53. The van der Waals surface area contributed by atoms with Gasteiger partial charge in [-0.25, -0.2) is 0 Å². The number of para-hydroxylation sites is 1.